The molecule has 0 aliphatic rings. The van der Waals surface area contributed by atoms with Crippen molar-refractivity contribution in [1.29, 1.82) is 0 Å². The van der Waals surface area contributed by atoms with Gasteiger partial charge in [0, 0.05) is 18.1 Å². The minimum Gasteiger partial charge on any atom is -0.326 e. The Kier molecular flexibility index (Phi) is 4.25. The maximum absolute atomic E-state index is 12.0. The summed E-state index contributed by atoms with van der Waals surface area (Å²) in [5.74, 6) is -0.0136. The Morgan fingerprint density at radius 1 is 0.864 bits per heavy atom. The van der Waals surface area contributed by atoms with Crippen molar-refractivity contribution in [2.24, 2.45) is 0 Å². The predicted octanol–water partition coefficient (Wildman–Crippen LogP) is 3.93. The number of pyridine rings is 1. The summed E-state index contributed by atoms with van der Waals surface area (Å²) in [4.78, 5) is 16.1. The third-order valence-corrected chi connectivity index (χ3v) is 3.37. The van der Waals surface area contributed by atoms with Crippen LogP contribution >= 0.6 is 0 Å². The number of carbonyl (C=O) groups excluding carboxylic acids is 1. The van der Waals surface area contributed by atoms with E-state index in [0.29, 0.717) is 6.42 Å². The molecular weight excluding hydrogens is 272 g/mol. The van der Waals surface area contributed by atoms with Crippen LogP contribution in [0.25, 0.3) is 11.1 Å². The predicted molar refractivity (Wildman–Crippen MR) is 88.4 cm³/mol. The van der Waals surface area contributed by atoms with Gasteiger partial charge in [0.1, 0.15) is 0 Å². The number of nitrogens with one attached hydrogen (secondary N) is 1. The van der Waals surface area contributed by atoms with Crippen molar-refractivity contribution in [2.75, 3.05) is 5.32 Å². The molecule has 3 aromatic rings. The molecule has 3 heteroatoms. The zero-order valence-electron chi connectivity index (χ0n) is 12.1. The van der Waals surface area contributed by atoms with E-state index in [1.807, 2.05) is 72.9 Å². The number of anilines is 1. The summed E-state index contributed by atoms with van der Waals surface area (Å²) in [6.45, 7) is 0. The van der Waals surface area contributed by atoms with Crippen molar-refractivity contribution in [1.82, 2.24) is 4.98 Å². The highest BCUT2D eigenvalue weighted by atomic mass is 16.1. The van der Waals surface area contributed by atoms with Gasteiger partial charge in [-0.2, -0.15) is 0 Å². The van der Waals surface area contributed by atoms with Gasteiger partial charge < -0.3 is 5.32 Å². The van der Waals surface area contributed by atoms with Crippen LogP contribution in [-0.4, -0.2) is 10.9 Å². The average molecular weight is 288 g/mol. The SMILES string of the molecule is O=C(Cc1ccccc1)Nc1ccc(-c2cccnc2)cc1. The maximum Gasteiger partial charge on any atom is 0.228 e. The molecule has 3 rings (SSSR count). The van der Waals surface area contributed by atoms with Crippen LogP contribution in [0, 0.1) is 0 Å². The summed E-state index contributed by atoms with van der Waals surface area (Å²) < 4.78 is 0. The normalized spacial score (nSPS) is 10.2. The zero-order valence-corrected chi connectivity index (χ0v) is 12.1. The minimum atomic E-state index is -0.0136. The van der Waals surface area contributed by atoms with Crippen LogP contribution in [0.4, 0.5) is 5.69 Å². The van der Waals surface area contributed by atoms with Gasteiger partial charge in [0.15, 0.2) is 0 Å². The third kappa shape index (κ3) is 3.58. The number of hydrogen-bond acceptors (Lipinski definition) is 2. The molecule has 22 heavy (non-hydrogen) atoms. The molecule has 2 aromatic carbocycles. The molecule has 0 fully saturated rings. The van der Waals surface area contributed by atoms with Crippen LogP contribution < -0.4 is 5.32 Å². The second kappa shape index (κ2) is 6.68. The van der Waals surface area contributed by atoms with Gasteiger partial charge >= 0.3 is 0 Å². The van der Waals surface area contributed by atoms with Crippen LogP contribution in [0.2, 0.25) is 0 Å². The van der Waals surface area contributed by atoms with Gasteiger partial charge in [-0.05, 0) is 34.9 Å². The van der Waals surface area contributed by atoms with E-state index in [9.17, 15) is 4.79 Å². The molecule has 0 aliphatic heterocycles. The molecule has 0 atom stereocenters. The molecule has 0 spiro atoms. The van der Waals surface area contributed by atoms with Crippen molar-refractivity contribution in [3.8, 4) is 11.1 Å². The van der Waals surface area contributed by atoms with Crippen LogP contribution in [0.1, 0.15) is 5.56 Å². The Morgan fingerprint density at radius 2 is 1.64 bits per heavy atom. The Hall–Kier alpha value is -2.94. The van der Waals surface area contributed by atoms with Crippen molar-refractivity contribution >= 4 is 11.6 Å². The average Bonchev–Trinajstić information content (AvgIpc) is 2.57. The first-order valence-electron chi connectivity index (χ1n) is 7.15. The number of aromatic nitrogens is 1. The molecular formula is C19H16N2O. The number of amides is 1. The van der Waals surface area contributed by atoms with Crippen LogP contribution in [0.5, 0.6) is 0 Å². The van der Waals surface area contributed by atoms with Gasteiger partial charge in [-0.1, -0.05) is 48.5 Å². The summed E-state index contributed by atoms with van der Waals surface area (Å²) in [6.07, 6.45) is 3.95. The summed E-state index contributed by atoms with van der Waals surface area (Å²) >= 11 is 0. The van der Waals surface area contributed by atoms with Gasteiger partial charge in [-0.25, -0.2) is 0 Å². The molecule has 0 radical (unpaired) electrons. The van der Waals surface area contributed by atoms with E-state index in [1.54, 1.807) is 6.20 Å². The van der Waals surface area contributed by atoms with Gasteiger partial charge in [0.2, 0.25) is 5.91 Å². The van der Waals surface area contributed by atoms with E-state index in [2.05, 4.69) is 10.3 Å². The fourth-order valence-corrected chi connectivity index (χ4v) is 2.27. The Labute approximate surface area is 129 Å². The van der Waals surface area contributed by atoms with Crippen molar-refractivity contribution in [3.63, 3.8) is 0 Å². The molecule has 0 saturated heterocycles. The zero-order chi connectivity index (χ0) is 15.2. The standard InChI is InChI=1S/C19H16N2O/c22-19(13-15-5-2-1-3-6-15)21-18-10-8-16(9-11-18)17-7-4-12-20-14-17/h1-12,14H,13H2,(H,21,22). The number of hydrogen-bond donors (Lipinski definition) is 1. The third-order valence-electron chi connectivity index (χ3n) is 3.37. The summed E-state index contributed by atoms with van der Waals surface area (Å²) in [6, 6.07) is 21.4. The molecule has 1 aromatic heterocycles. The summed E-state index contributed by atoms with van der Waals surface area (Å²) in [7, 11) is 0. The van der Waals surface area contributed by atoms with Crippen LogP contribution in [0.15, 0.2) is 79.1 Å². The first-order chi connectivity index (χ1) is 10.8. The van der Waals surface area contributed by atoms with Crippen molar-refractivity contribution in [3.05, 3.63) is 84.7 Å². The number of carbonyl (C=O) groups is 1. The fourth-order valence-electron chi connectivity index (χ4n) is 2.27. The number of nitrogens with zero attached hydrogens (tertiary/aromatic N) is 1. The minimum absolute atomic E-state index is 0.0136. The largest absolute Gasteiger partial charge is 0.326 e. The highest BCUT2D eigenvalue weighted by molar-refractivity contribution is 5.92. The van der Waals surface area contributed by atoms with Gasteiger partial charge in [0.25, 0.3) is 0 Å². The van der Waals surface area contributed by atoms with E-state index in [1.165, 1.54) is 0 Å². The van der Waals surface area contributed by atoms with Gasteiger partial charge in [-0.15, -0.1) is 0 Å². The molecule has 1 N–H and O–H groups in total. The van der Waals surface area contributed by atoms with Crippen molar-refractivity contribution in [2.45, 2.75) is 6.42 Å². The lowest BCUT2D eigenvalue weighted by atomic mass is 10.1. The maximum atomic E-state index is 12.0. The van der Waals surface area contributed by atoms with Gasteiger partial charge in [-0.3, -0.25) is 9.78 Å². The Morgan fingerprint density at radius 3 is 2.32 bits per heavy atom. The highest BCUT2D eigenvalue weighted by Crippen LogP contribution is 2.20. The topological polar surface area (TPSA) is 42.0 Å². The summed E-state index contributed by atoms with van der Waals surface area (Å²) in [5, 5.41) is 2.91. The first kappa shape index (κ1) is 14.0. The molecule has 1 amide bonds. The van der Waals surface area contributed by atoms with Crippen LogP contribution in [-0.2, 0) is 11.2 Å². The fraction of sp³-hybridized carbons (Fsp3) is 0.0526. The first-order valence-corrected chi connectivity index (χ1v) is 7.15. The molecule has 1 heterocycles. The molecule has 0 unspecified atom stereocenters. The molecule has 0 saturated carbocycles. The molecule has 3 nitrogen and oxygen atoms in total. The highest BCUT2D eigenvalue weighted by Gasteiger charge is 2.04. The number of rotatable bonds is 4. The lowest BCUT2D eigenvalue weighted by Crippen LogP contribution is -2.14. The van der Waals surface area contributed by atoms with E-state index >= 15 is 0 Å². The van der Waals surface area contributed by atoms with E-state index in [-0.39, 0.29) is 5.91 Å². The monoisotopic (exact) mass is 288 g/mol. The van der Waals surface area contributed by atoms with E-state index in [0.717, 1.165) is 22.4 Å². The lowest BCUT2D eigenvalue weighted by molar-refractivity contribution is -0.115. The lowest BCUT2D eigenvalue weighted by Gasteiger charge is -2.07. The molecule has 108 valence electrons. The van der Waals surface area contributed by atoms with E-state index in [4.69, 9.17) is 0 Å². The second-order valence-corrected chi connectivity index (χ2v) is 5.03. The summed E-state index contributed by atoms with van der Waals surface area (Å²) in [5.41, 5.74) is 3.94. The van der Waals surface area contributed by atoms with Crippen molar-refractivity contribution < 1.29 is 4.79 Å². The van der Waals surface area contributed by atoms with Gasteiger partial charge in [0.05, 0.1) is 6.42 Å². The molecule has 0 aliphatic carbocycles. The van der Waals surface area contributed by atoms with E-state index < -0.39 is 0 Å². The smallest absolute Gasteiger partial charge is 0.228 e. The van der Waals surface area contributed by atoms with Crippen LogP contribution in [0.3, 0.4) is 0 Å². The second-order valence-electron chi connectivity index (χ2n) is 5.03. The molecule has 0 bridgehead atoms. The Bertz CT molecular complexity index is 737. The quantitative estimate of drug-likeness (QED) is 0.790. The number of benzene rings is 2. The Balaban J connectivity index is 1.65.